The van der Waals surface area contributed by atoms with Crippen LogP contribution >= 0.6 is 0 Å². The summed E-state index contributed by atoms with van der Waals surface area (Å²) in [6, 6.07) is 5.89. The van der Waals surface area contributed by atoms with Crippen LogP contribution in [0.1, 0.15) is 28.8 Å². The lowest BCUT2D eigenvalue weighted by Gasteiger charge is -2.32. The Kier molecular flexibility index (Phi) is 4.81. The second-order valence-electron chi connectivity index (χ2n) is 7.08. The van der Waals surface area contributed by atoms with Crippen molar-refractivity contribution in [2.45, 2.75) is 25.8 Å². The van der Waals surface area contributed by atoms with Gasteiger partial charge in [-0.3, -0.25) is 9.78 Å². The maximum atomic E-state index is 12.7. The molecule has 0 atom stereocenters. The SMILES string of the molecule is COc1cc2ncc(C(=O)NC3CCN(c4nnnn4C)CC3)cc2cc1C. The Bertz CT molecular complexity index is 1010. The average Bonchev–Trinajstić information content (AvgIpc) is 3.13. The van der Waals surface area contributed by atoms with E-state index in [2.05, 4.69) is 30.7 Å². The first kappa shape index (κ1) is 18.1. The molecule has 0 saturated carbocycles. The van der Waals surface area contributed by atoms with Crippen molar-refractivity contribution in [3.8, 4) is 5.75 Å². The molecule has 4 rings (SSSR count). The van der Waals surface area contributed by atoms with Gasteiger partial charge in [0.15, 0.2) is 0 Å². The summed E-state index contributed by atoms with van der Waals surface area (Å²) < 4.78 is 7.00. The van der Waals surface area contributed by atoms with Crippen LogP contribution in [0.5, 0.6) is 5.75 Å². The Hall–Kier alpha value is -3.23. The van der Waals surface area contributed by atoms with Crippen molar-refractivity contribution in [2.24, 2.45) is 7.05 Å². The number of aryl methyl sites for hydroxylation is 2. The number of pyridine rings is 1. The number of fused-ring (bicyclic) bond motifs is 1. The highest BCUT2D eigenvalue weighted by molar-refractivity contribution is 5.97. The molecule has 3 aromatic rings. The summed E-state index contributed by atoms with van der Waals surface area (Å²) >= 11 is 0. The molecule has 1 saturated heterocycles. The number of nitrogens with zero attached hydrogens (tertiary/aromatic N) is 6. The number of tetrazole rings is 1. The Morgan fingerprint density at radius 2 is 2.04 bits per heavy atom. The molecule has 146 valence electrons. The molecule has 1 fully saturated rings. The molecular weight excluding hydrogens is 358 g/mol. The van der Waals surface area contributed by atoms with Crippen LogP contribution in [-0.2, 0) is 7.05 Å². The number of methoxy groups -OCH3 is 1. The van der Waals surface area contributed by atoms with Crippen LogP contribution < -0.4 is 15.0 Å². The van der Waals surface area contributed by atoms with Crippen LogP contribution in [0.4, 0.5) is 5.95 Å². The molecule has 0 radical (unpaired) electrons. The van der Waals surface area contributed by atoms with Crippen LogP contribution in [0.15, 0.2) is 24.4 Å². The maximum absolute atomic E-state index is 12.7. The van der Waals surface area contributed by atoms with Gasteiger partial charge in [0.2, 0.25) is 5.95 Å². The van der Waals surface area contributed by atoms with Gasteiger partial charge in [0.1, 0.15) is 5.75 Å². The van der Waals surface area contributed by atoms with Gasteiger partial charge in [0.25, 0.3) is 5.91 Å². The first-order valence-electron chi connectivity index (χ1n) is 9.27. The summed E-state index contributed by atoms with van der Waals surface area (Å²) in [4.78, 5) is 19.3. The zero-order valence-corrected chi connectivity index (χ0v) is 16.2. The van der Waals surface area contributed by atoms with E-state index in [-0.39, 0.29) is 11.9 Å². The van der Waals surface area contributed by atoms with Crippen LogP contribution in [0, 0.1) is 6.92 Å². The minimum atomic E-state index is -0.0957. The summed E-state index contributed by atoms with van der Waals surface area (Å²) in [6.45, 7) is 3.58. The first-order chi connectivity index (χ1) is 13.5. The number of hydrogen-bond donors (Lipinski definition) is 1. The van der Waals surface area contributed by atoms with E-state index in [0.717, 1.165) is 54.1 Å². The number of amides is 1. The van der Waals surface area contributed by atoms with E-state index in [1.807, 2.05) is 32.2 Å². The molecular formula is C19H23N7O2. The van der Waals surface area contributed by atoms with Gasteiger partial charge in [-0.25, -0.2) is 4.68 Å². The lowest BCUT2D eigenvalue weighted by molar-refractivity contribution is 0.0931. The van der Waals surface area contributed by atoms with E-state index < -0.39 is 0 Å². The van der Waals surface area contributed by atoms with Crippen LogP contribution in [0.3, 0.4) is 0 Å². The molecule has 3 heterocycles. The van der Waals surface area contributed by atoms with Crippen molar-refractivity contribution in [2.75, 3.05) is 25.1 Å². The minimum Gasteiger partial charge on any atom is -0.496 e. The highest BCUT2D eigenvalue weighted by atomic mass is 16.5. The van der Waals surface area contributed by atoms with Gasteiger partial charge in [0, 0.05) is 43.8 Å². The normalized spacial score (nSPS) is 15.0. The van der Waals surface area contributed by atoms with E-state index in [9.17, 15) is 4.79 Å². The molecule has 0 bridgehead atoms. The van der Waals surface area contributed by atoms with Crippen LogP contribution in [0.25, 0.3) is 10.9 Å². The van der Waals surface area contributed by atoms with Crippen molar-refractivity contribution in [1.29, 1.82) is 0 Å². The third-order valence-corrected chi connectivity index (χ3v) is 5.17. The van der Waals surface area contributed by atoms with Gasteiger partial charge < -0.3 is 15.0 Å². The van der Waals surface area contributed by atoms with Gasteiger partial charge >= 0.3 is 0 Å². The molecule has 0 spiro atoms. The molecule has 1 aromatic carbocycles. The number of hydrogen-bond acceptors (Lipinski definition) is 7. The number of carbonyl (C=O) groups is 1. The predicted octanol–water partition coefficient (Wildman–Crippen LogP) is 1.47. The molecule has 0 unspecified atom stereocenters. The number of anilines is 1. The fraction of sp³-hybridized carbons (Fsp3) is 0.421. The maximum Gasteiger partial charge on any atom is 0.253 e. The van der Waals surface area contributed by atoms with E-state index in [0.29, 0.717) is 5.56 Å². The summed E-state index contributed by atoms with van der Waals surface area (Å²) in [5, 5.41) is 15.7. The molecule has 1 N–H and O–H groups in total. The Labute approximate surface area is 162 Å². The van der Waals surface area contributed by atoms with Gasteiger partial charge in [-0.05, 0) is 47.9 Å². The smallest absolute Gasteiger partial charge is 0.253 e. The lowest BCUT2D eigenvalue weighted by Crippen LogP contribution is -2.45. The van der Waals surface area contributed by atoms with Crippen molar-refractivity contribution in [3.63, 3.8) is 0 Å². The summed E-state index contributed by atoms with van der Waals surface area (Å²) in [7, 11) is 3.47. The second kappa shape index (κ2) is 7.41. The third kappa shape index (κ3) is 3.47. The largest absolute Gasteiger partial charge is 0.496 e. The molecule has 0 aliphatic carbocycles. The monoisotopic (exact) mass is 381 g/mol. The highest BCUT2D eigenvalue weighted by Crippen LogP contribution is 2.24. The average molecular weight is 381 g/mol. The number of benzene rings is 1. The van der Waals surface area contributed by atoms with Crippen LogP contribution in [0.2, 0.25) is 0 Å². The second-order valence-corrected chi connectivity index (χ2v) is 7.08. The van der Waals surface area contributed by atoms with E-state index in [4.69, 9.17) is 4.74 Å². The van der Waals surface area contributed by atoms with Crippen molar-refractivity contribution < 1.29 is 9.53 Å². The number of aromatic nitrogens is 5. The van der Waals surface area contributed by atoms with Crippen molar-refractivity contribution >= 4 is 22.8 Å². The zero-order valence-electron chi connectivity index (χ0n) is 16.2. The molecule has 1 amide bonds. The Balaban J connectivity index is 1.42. The standard InChI is InChI=1S/C19H23N7O2/c1-12-8-13-9-14(11-20-16(13)10-17(12)28-3)18(27)21-15-4-6-26(7-5-15)19-22-23-24-25(19)2/h8-11,15H,4-7H2,1-3H3,(H,21,27). The number of piperidine rings is 1. The Morgan fingerprint density at radius 3 is 2.71 bits per heavy atom. The number of nitrogens with one attached hydrogen (secondary N) is 1. The fourth-order valence-electron chi connectivity index (χ4n) is 3.60. The van der Waals surface area contributed by atoms with Crippen molar-refractivity contribution in [3.05, 3.63) is 35.5 Å². The number of carbonyl (C=O) groups excluding carboxylic acids is 1. The fourth-order valence-corrected chi connectivity index (χ4v) is 3.60. The Morgan fingerprint density at radius 1 is 1.25 bits per heavy atom. The van der Waals surface area contributed by atoms with Crippen molar-refractivity contribution in [1.82, 2.24) is 30.5 Å². The zero-order chi connectivity index (χ0) is 19.7. The van der Waals surface area contributed by atoms with Gasteiger partial charge in [-0.15, -0.1) is 0 Å². The lowest BCUT2D eigenvalue weighted by atomic mass is 10.0. The molecule has 9 heteroatoms. The van der Waals surface area contributed by atoms with E-state index in [1.54, 1.807) is 18.0 Å². The molecule has 1 aliphatic heterocycles. The third-order valence-electron chi connectivity index (χ3n) is 5.17. The summed E-state index contributed by atoms with van der Waals surface area (Å²) in [5.74, 6) is 1.46. The van der Waals surface area contributed by atoms with Gasteiger partial charge in [0.05, 0.1) is 18.2 Å². The van der Waals surface area contributed by atoms with Crippen LogP contribution in [-0.4, -0.2) is 57.3 Å². The van der Waals surface area contributed by atoms with Gasteiger partial charge in [-0.1, -0.05) is 5.10 Å². The number of ether oxygens (including phenoxy) is 1. The molecule has 1 aliphatic rings. The molecule has 2 aromatic heterocycles. The minimum absolute atomic E-state index is 0.0957. The number of rotatable bonds is 4. The molecule has 9 nitrogen and oxygen atoms in total. The quantitative estimate of drug-likeness (QED) is 0.731. The van der Waals surface area contributed by atoms with Gasteiger partial charge in [-0.2, -0.15) is 0 Å². The topological polar surface area (TPSA) is 98.1 Å². The van der Waals surface area contributed by atoms with E-state index >= 15 is 0 Å². The first-order valence-corrected chi connectivity index (χ1v) is 9.27. The summed E-state index contributed by atoms with van der Waals surface area (Å²) in [5.41, 5.74) is 2.39. The van der Waals surface area contributed by atoms with E-state index in [1.165, 1.54) is 0 Å². The predicted molar refractivity (Wildman–Crippen MR) is 105 cm³/mol. The highest BCUT2D eigenvalue weighted by Gasteiger charge is 2.24. The summed E-state index contributed by atoms with van der Waals surface area (Å²) in [6.07, 6.45) is 3.30. The molecule has 28 heavy (non-hydrogen) atoms.